The average Bonchev–Trinajstić information content (AvgIpc) is 2.47. The number of amides is 1. The van der Waals surface area contributed by atoms with Gasteiger partial charge in [0.1, 0.15) is 6.61 Å². The Morgan fingerprint density at radius 3 is 2.84 bits per heavy atom. The molecular formula is C14H19NO4. The molecule has 1 aliphatic heterocycles. The molecule has 0 saturated heterocycles. The van der Waals surface area contributed by atoms with Crippen molar-refractivity contribution in [3.63, 3.8) is 0 Å². The first kappa shape index (κ1) is 13.7. The molecule has 1 amide bonds. The fraction of sp³-hybridized carbons (Fsp3) is 0.500. The molecule has 0 spiro atoms. The molecule has 19 heavy (non-hydrogen) atoms. The maximum atomic E-state index is 12.3. The summed E-state index contributed by atoms with van der Waals surface area (Å²) in [5.41, 5.74) is 0. The van der Waals surface area contributed by atoms with Gasteiger partial charge in [-0.2, -0.15) is 0 Å². The number of benzene rings is 1. The third kappa shape index (κ3) is 3.17. The predicted octanol–water partition coefficient (Wildman–Crippen LogP) is 1.06. The van der Waals surface area contributed by atoms with E-state index < -0.39 is 6.10 Å². The molecule has 0 aromatic heterocycles. The molecule has 1 aromatic carbocycles. The standard InChI is InChI=1S/C14H19NO4/c1-2-15(8-5-9-16)14(17)13-10-18-11-6-3-4-7-12(11)19-13/h3-4,6-7,13,16H,2,5,8-10H2,1H3. The molecule has 2 rings (SSSR count). The lowest BCUT2D eigenvalue weighted by Crippen LogP contribution is -2.46. The monoisotopic (exact) mass is 265 g/mol. The van der Waals surface area contributed by atoms with Gasteiger partial charge in [0.15, 0.2) is 11.5 Å². The highest BCUT2D eigenvalue weighted by Crippen LogP contribution is 2.31. The normalized spacial score (nSPS) is 17.1. The second kappa shape index (κ2) is 6.43. The topological polar surface area (TPSA) is 59.0 Å². The number of fused-ring (bicyclic) bond motifs is 1. The van der Waals surface area contributed by atoms with Crippen molar-refractivity contribution in [3.05, 3.63) is 24.3 Å². The van der Waals surface area contributed by atoms with E-state index in [0.29, 0.717) is 31.0 Å². The summed E-state index contributed by atoms with van der Waals surface area (Å²) in [6.45, 7) is 3.35. The second-order valence-corrected chi connectivity index (χ2v) is 4.36. The minimum Gasteiger partial charge on any atom is -0.485 e. The van der Waals surface area contributed by atoms with Crippen molar-refractivity contribution in [1.82, 2.24) is 4.90 Å². The molecule has 0 saturated carbocycles. The molecule has 1 unspecified atom stereocenters. The molecule has 0 radical (unpaired) electrons. The first-order chi connectivity index (χ1) is 9.26. The van der Waals surface area contributed by atoms with E-state index in [2.05, 4.69) is 0 Å². The summed E-state index contributed by atoms with van der Waals surface area (Å²) in [4.78, 5) is 14.0. The zero-order valence-corrected chi connectivity index (χ0v) is 11.0. The van der Waals surface area contributed by atoms with Crippen molar-refractivity contribution in [1.29, 1.82) is 0 Å². The number of carbonyl (C=O) groups excluding carboxylic acids is 1. The molecule has 1 N–H and O–H groups in total. The van der Waals surface area contributed by atoms with Gasteiger partial charge in [0, 0.05) is 19.7 Å². The minimum absolute atomic E-state index is 0.0780. The van der Waals surface area contributed by atoms with Crippen LogP contribution >= 0.6 is 0 Å². The van der Waals surface area contributed by atoms with Crippen LogP contribution < -0.4 is 9.47 Å². The van der Waals surface area contributed by atoms with Crippen LogP contribution in [-0.4, -0.2) is 48.3 Å². The Balaban J connectivity index is 2.01. The number of para-hydroxylation sites is 2. The lowest BCUT2D eigenvalue weighted by atomic mass is 10.2. The summed E-state index contributed by atoms with van der Waals surface area (Å²) < 4.78 is 11.2. The third-order valence-electron chi connectivity index (χ3n) is 3.06. The number of likely N-dealkylation sites (N-methyl/N-ethyl adjacent to an activating group) is 1. The molecule has 0 aliphatic carbocycles. The van der Waals surface area contributed by atoms with Crippen LogP contribution in [0.3, 0.4) is 0 Å². The fourth-order valence-corrected chi connectivity index (χ4v) is 2.03. The van der Waals surface area contributed by atoms with Crippen LogP contribution in [0.4, 0.5) is 0 Å². The highest BCUT2D eigenvalue weighted by Gasteiger charge is 2.30. The molecule has 1 aromatic rings. The van der Waals surface area contributed by atoms with E-state index in [0.717, 1.165) is 0 Å². The zero-order valence-electron chi connectivity index (χ0n) is 11.0. The van der Waals surface area contributed by atoms with Crippen molar-refractivity contribution in [2.24, 2.45) is 0 Å². The number of nitrogens with zero attached hydrogens (tertiary/aromatic N) is 1. The number of carbonyl (C=O) groups is 1. The van der Waals surface area contributed by atoms with Gasteiger partial charge in [0.2, 0.25) is 6.10 Å². The van der Waals surface area contributed by atoms with Gasteiger partial charge in [-0.3, -0.25) is 4.79 Å². The fourth-order valence-electron chi connectivity index (χ4n) is 2.03. The van der Waals surface area contributed by atoms with Crippen LogP contribution in [0.15, 0.2) is 24.3 Å². The van der Waals surface area contributed by atoms with Crippen LogP contribution in [0.25, 0.3) is 0 Å². The average molecular weight is 265 g/mol. The Bertz CT molecular complexity index is 435. The van der Waals surface area contributed by atoms with Crippen molar-refractivity contribution in [3.8, 4) is 11.5 Å². The number of ether oxygens (including phenoxy) is 2. The predicted molar refractivity (Wildman–Crippen MR) is 70.3 cm³/mol. The van der Waals surface area contributed by atoms with Crippen LogP contribution in [0.2, 0.25) is 0 Å². The molecule has 5 nitrogen and oxygen atoms in total. The first-order valence-corrected chi connectivity index (χ1v) is 6.54. The van der Waals surface area contributed by atoms with E-state index >= 15 is 0 Å². The van der Waals surface area contributed by atoms with Crippen LogP contribution in [-0.2, 0) is 4.79 Å². The Kier molecular flexibility index (Phi) is 4.63. The lowest BCUT2D eigenvalue weighted by molar-refractivity contribution is -0.141. The minimum atomic E-state index is -0.603. The molecule has 0 fully saturated rings. The van der Waals surface area contributed by atoms with E-state index in [1.54, 1.807) is 11.0 Å². The van der Waals surface area contributed by atoms with E-state index in [9.17, 15) is 4.79 Å². The number of rotatable bonds is 5. The zero-order chi connectivity index (χ0) is 13.7. The van der Waals surface area contributed by atoms with Crippen LogP contribution in [0.5, 0.6) is 11.5 Å². The summed E-state index contributed by atoms with van der Waals surface area (Å²) >= 11 is 0. The van der Waals surface area contributed by atoms with E-state index in [4.69, 9.17) is 14.6 Å². The second-order valence-electron chi connectivity index (χ2n) is 4.36. The van der Waals surface area contributed by atoms with Gasteiger partial charge in [-0.1, -0.05) is 12.1 Å². The Labute approximate surface area is 112 Å². The Morgan fingerprint density at radius 2 is 2.16 bits per heavy atom. The molecule has 5 heteroatoms. The molecule has 104 valence electrons. The SMILES string of the molecule is CCN(CCCO)C(=O)C1COc2ccccc2O1. The highest BCUT2D eigenvalue weighted by atomic mass is 16.6. The maximum absolute atomic E-state index is 12.3. The number of hydrogen-bond acceptors (Lipinski definition) is 4. The third-order valence-corrected chi connectivity index (χ3v) is 3.06. The molecule has 1 aliphatic rings. The van der Waals surface area contributed by atoms with Crippen molar-refractivity contribution in [2.75, 3.05) is 26.3 Å². The van der Waals surface area contributed by atoms with Gasteiger partial charge < -0.3 is 19.5 Å². The highest BCUT2D eigenvalue weighted by molar-refractivity contribution is 5.81. The summed E-state index contributed by atoms with van der Waals surface area (Å²) in [6, 6.07) is 7.32. The lowest BCUT2D eigenvalue weighted by Gasteiger charge is -2.30. The summed E-state index contributed by atoms with van der Waals surface area (Å²) in [5, 5.41) is 8.84. The molecule has 1 atom stereocenters. The maximum Gasteiger partial charge on any atom is 0.267 e. The van der Waals surface area contributed by atoms with Crippen LogP contribution in [0, 0.1) is 0 Å². The number of aliphatic hydroxyl groups excluding tert-OH is 1. The van der Waals surface area contributed by atoms with Gasteiger partial charge >= 0.3 is 0 Å². The molecule has 0 bridgehead atoms. The Hall–Kier alpha value is -1.75. The number of hydrogen-bond donors (Lipinski definition) is 1. The van der Waals surface area contributed by atoms with E-state index in [1.165, 1.54) is 0 Å². The van der Waals surface area contributed by atoms with E-state index in [1.807, 2.05) is 25.1 Å². The van der Waals surface area contributed by atoms with Crippen LogP contribution in [0.1, 0.15) is 13.3 Å². The quantitative estimate of drug-likeness (QED) is 0.864. The summed E-state index contributed by atoms with van der Waals surface area (Å²) in [6.07, 6.45) is -0.0300. The van der Waals surface area contributed by atoms with Crippen molar-refractivity contribution >= 4 is 5.91 Å². The van der Waals surface area contributed by atoms with Crippen molar-refractivity contribution in [2.45, 2.75) is 19.4 Å². The van der Waals surface area contributed by atoms with Gasteiger partial charge in [0.05, 0.1) is 0 Å². The van der Waals surface area contributed by atoms with Gasteiger partial charge in [-0.05, 0) is 25.5 Å². The van der Waals surface area contributed by atoms with Gasteiger partial charge in [-0.15, -0.1) is 0 Å². The Morgan fingerprint density at radius 1 is 1.42 bits per heavy atom. The van der Waals surface area contributed by atoms with Gasteiger partial charge in [0.25, 0.3) is 5.91 Å². The summed E-state index contributed by atoms with van der Waals surface area (Å²) in [5.74, 6) is 1.18. The van der Waals surface area contributed by atoms with Gasteiger partial charge in [-0.25, -0.2) is 0 Å². The largest absolute Gasteiger partial charge is 0.485 e. The van der Waals surface area contributed by atoms with Crippen molar-refractivity contribution < 1.29 is 19.4 Å². The molecule has 1 heterocycles. The smallest absolute Gasteiger partial charge is 0.267 e. The molecular weight excluding hydrogens is 246 g/mol. The summed E-state index contributed by atoms with van der Waals surface area (Å²) in [7, 11) is 0. The number of aliphatic hydroxyl groups is 1. The van der Waals surface area contributed by atoms with E-state index in [-0.39, 0.29) is 19.1 Å². The first-order valence-electron chi connectivity index (χ1n) is 6.54.